The monoisotopic (exact) mass is 710 g/mol. The van der Waals surface area contributed by atoms with Crippen LogP contribution in [0.4, 0.5) is 0 Å². The number of nitrogens with zero attached hydrogens (tertiary/aromatic N) is 2. The topological polar surface area (TPSA) is 37.9 Å². The van der Waals surface area contributed by atoms with Crippen LogP contribution in [-0.4, -0.2) is 11.5 Å². The number of hydrogen-bond acceptors (Lipinski definition) is 3. The maximum Gasteiger partial charge on any atom is 0.156 e. The fourth-order valence-corrected chi connectivity index (χ4v) is 8.97. The van der Waals surface area contributed by atoms with Crippen molar-refractivity contribution in [1.29, 1.82) is 0 Å². The Hall–Kier alpha value is -6.32. The molecular formula is C52H42N2O. The van der Waals surface area contributed by atoms with Gasteiger partial charge in [0, 0.05) is 21.8 Å². The van der Waals surface area contributed by atoms with Crippen molar-refractivity contribution >= 4 is 33.5 Å². The van der Waals surface area contributed by atoms with Crippen LogP contribution in [0.15, 0.2) is 178 Å². The van der Waals surface area contributed by atoms with Gasteiger partial charge in [-0.05, 0) is 105 Å². The molecule has 3 heteroatoms. The van der Waals surface area contributed by atoms with E-state index in [0.717, 1.165) is 63.0 Å². The molecule has 8 aromatic rings. The molecule has 55 heavy (non-hydrogen) atoms. The van der Waals surface area contributed by atoms with Crippen LogP contribution in [0.3, 0.4) is 0 Å². The number of rotatable bonds is 5. The quantitative estimate of drug-likeness (QED) is 0.175. The molecule has 1 aliphatic carbocycles. The SMILES string of the molecule is CC1CCC(c2ccccc2)=NC(c2cccc3oc4ccc(-c5cccc(-c6ccc7c(c6)C(C)(C)c6ccccc6-7)c5)cc4c23)=NC1c1ccccc1. The Balaban J connectivity index is 1.10. The van der Waals surface area contributed by atoms with E-state index in [4.69, 9.17) is 14.4 Å². The van der Waals surface area contributed by atoms with Crippen molar-refractivity contribution in [2.75, 3.05) is 0 Å². The zero-order chi connectivity index (χ0) is 37.1. The Morgan fingerprint density at radius 1 is 0.545 bits per heavy atom. The summed E-state index contributed by atoms with van der Waals surface area (Å²) in [4.78, 5) is 11.0. The lowest BCUT2D eigenvalue weighted by molar-refractivity contribution is 0.446. The molecule has 2 unspecified atom stereocenters. The van der Waals surface area contributed by atoms with Crippen molar-refractivity contribution in [2.24, 2.45) is 15.9 Å². The third-order valence-corrected chi connectivity index (χ3v) is 12.0. The third kappa shape index (κ3) is 5.74. The fraction of sp³-hybridized carbons (Fsp3) is 0.154. The highest BCUT2D eigenvalue weighted by molar-refractivity contribution is 6.22. The second kappa shape index (κ2) is 13.2. The van der Waals surface area contributed by atoms with Gasteiger partial charge in [0.25, 0.3) is 0 Å². The maximum absolute atomic E-state index is 6.55. The molecule has 0 saturated carbocycles. The summed E-state index contributed by atoms with van der Waals surface area (Å²) in [6, 6.07) is 58.9. The standard InChI is InChI=1S/C52H42N2O/c1-33-24-28-46(34-14-6-4-7-15-34)53-51(54-50(33)35-16-8-5-9-17-35)42-21-13-23-48-49(42)43-31-38(26-29-47(43)55-48)36-18-12-19-37(30-36)39-25-27-41-40-20-10-11-22-44(40)52(2,3)45(41)32-39/h4-23,25-27,29-33,50H,24,28H2,1-3H3. The predicted molar refractivity (Wildman–Crippen MR) is 229 cm³/mol. The molecule has 2 atom stereocenters. The smallest absolute Gasteiger partial charge is 0.156 e. The van der Waals surface area contributed by atoms with Crippen molar-refractivity contribution in [1.82, 2.24) is 0 Å². The summed E-state index contributed by atoms with van der Waals surface area (Å²) in [5, 5.41) is 2.11. The first kappa shape index (κ1) is 33.3. The second-order valence-electron chi connectivity index (χ2n) is 15.8. The van der Waals surface area contributed by atoms with Crippen LogP contribution in [0, 0.1) is 5.92 Å². The minimum Gasteiger partial charge on any atom is -0.456 e. The van der Waals surface area contributed by atoms with Crippen LogP contribution in [0.2, 0.25) is 0 Å². The van der Waals surface area contributed by atoms with Crippen molar-refractivity contribution in [2.45, 2.75) is 45.1 Å². The Bertz CT molecular complexity index is 2810. The van der Waals surface area contributed by atoms with Crippen LogP contribution in [0.5, 0.6) is 0 Å². The van der Waals surface area contributed by atoms with Crippen LogP contribution < -0.4 is 0 Å². The molecule has 1 aliphatic heterocycles. The van der Waals surface area contributed by atoms with Gasteiger partial charge >= 0.3 is 0 Å². The predicted octanol–water partition coefficient (Wildman–Crippen LogP) is 13.6. The highest BCUT2D eigenvalue weighted by Gasteiger charge is 2.35. The summed E-state index contributed by atoms with van der Waals surface area (Å²) in [5.74, 6) is 1.08. The van der Waals surface area contributed by atoms with Crippen LogP contribution in [-0.2, 0) is 5.41 Å². The molecule has 2 heterocycles. The lowest BCUT2D eigenvalue weighted by Crippen LogP contribution is -2.18. The van der Waals surface area contributed by atoms with Gasteiger partial charge in [-0.3, -0.25) is 4.99 Å². The average Bonchev–Trinajstić information content (AvgIpc) is 3.72. The van der Waals surface area contributed by atoms with Crippen LogP contribution >= 0.6 is 0 Å². The first-order valence-electron chi connectivity index (χ1n) is 19.5. The molecule has 2 aliphatic rings. The van der Waals surface area contributed by atoms with Crippen molar-refractivity contribution in [3.63, 3.8) is 0 Å². The first-order chi connectivity index (χ1) is 26.9. The Morgan fingerprint density at radius 2 is 1.18 bits per heavy atom. The third-order valence-electron chi connectivity index (χ3n) is 12.0. The minimum absolute atomic E-state index is 0.0112. The zero-order valence-corrected chi connectivity index (χ0v) is 31.5. The van der Waals surface area contributed by atoms with E-state index >= 15 is 0 Å². The van der Waals surface area contributed by atoms with Gasteiger partial charge in [0.15, 0.2) is 5.84 Å². The molecule has 10 rings (SSSR count). The number of hydrogen-bond donors (Lipinski definition) is 0. The van der Waals surface area contributed by atoms with Crippen LogP contribution in [0.1, 0.15) is 67.5 Å². The summed E-state index contributed by atoms with van der Waals surface area (Å²) in [7, 11) is 0. The maximum atomic E-state index is 6.55. The first-order valence-corrected chi connectivity index (χ1v) is 19.5. The van der Waals surface area contributed by atoms with Gasteiger partial charge in [-0.15, -0.1) is 0 Å². The highest BCUT2D eigenvalue weighted by Crippen LogP contribution is 2.49. The second-order valence-corrected chi connectivity index (χ2v) is 15.8. The minimum atomic E-state index is -0.0452. The largest absolute Gasteiger partial charge is 0.456 e. The molecule has 0 bridgehead atoms. The van der Waals surface area contributed by atoms with E-state index in [-0.39, 0.29) is 11.5 Å². The van der Waals surface area contributed by atoms with E-state index in [0.29, 0.717) is 5.92 Å². The van der Waals surface area contributed by atoms with E-state index in [1.54, 1.807) is 0 Å². The normalized spacial score (nSPS) is 17.6. The Labute approximate surface area is 322 Å². The molecule has 0 amide bonds. The number of amidine groups is 1. The molecule has 0 spiro atoms. The average molecular weight is 711 g/mol. The number of fused-ring (bicyclic) bond motifs is 6. The van der Waals surface area contributed by atoms with E-state index in [1.807, 2.05) is 0 Å². The molecule has 1 aromatic heterocycles. The molecule has 266 valence electrons. The van der Waals surface area contributed by atoms with Gasteiger partial charge in [-0.1, -0.05) is 154 Å². The summed E-state index contributed by atoms with van der Waals surface area (Å²) in [6.45, 7) is 7.01. The van der Waals surface area contributed by atoms with Gasteiger partial charge in [-0.25, -0.2) is 4.99 Å². The summed E-state index contributed by atoms with van der Waals surface area (Å²) < 4.78 is 6.55. The molecule has 0 saturated heterocycles. The highest BCUT2D eigenvalue weighted by atomic mass is 16.3. The number of benzene rings is 7. The zero-order valence-electron chi connectivity index (χ0n) is 31.5. The summed E-state index contributed by atoms with van der Waals surface area (Å²) in [6.07, 6.45) is 1.88. The number of aliphatic imine (C=N–C) groups is 2. The molecule has 0 N–H and O–H groups in total. The number of furan rings is 1. The van der Waals surface area contributed by atoms with Gasteiger partial charge < -0.3 is 4.42 Å². The van der Waals surface area contributed by atoms with E-state index < -0.39 is 0 Å². The summed E-state index contributed by atoms with van der Waals surface area (Å²) >= 11 is 0. The van der Waals surface area contributed by atoms with Crippen molar-refractivity contribution in [3.8, 4) is 33.4 Å². The van der Waals surface area contributed by atoms with E-state index in [9.17, 15) is 0 Å². The lowest BCUT2D eigenvalue weighted by atomic mass is 9.81. The molecular weight excluding hydrogens is 669 g/mol. The molecule has 0 radical (unpaired) electrons. The van der Waals surface area contributed by atoms with E-state index in [1.165, 1.54) is 44.5 Å². The van der Waals surface area contributed by atoms with E-state index in [2.05, 4.69) is 185 Å². The van der Waals surface area contributed by atoms with Crippen LogP contribution in [0.25, 0.3) is 55.3 Å². The lowest BCUT2D eigenvalue weighted by Gasteiger charge is -2.25. The van der Waals surface area contributed by atoms with Gasteiger partial charge in [0.1, 0.15) is 11.2 Å². The van der Waals surface area contributed by atoms with Gasteiger partial charge in [0.05, 0.1) is 11.8 Å². The Morgan fingerprint density at radius 3 is 2.00 bits per heavy atom. The Kier molecular flexibility index (Phi) is 7.99. The van der Waals surface area contributed by atoms with Crippen molar-refractivity contribution < 1.29 is 4.42 Å². The van der Waals surface area contributed by atoms with Gasteiger partial charge in [-0.2, -0.15) is 0 Å². The summed E-state index contributed by atoms with van der Waals surface area (Å²) in [5.41, 5.74) is 16.3. The molecule has 0 fully saturated rings. The van der Waals surface area contributed by atoms with Crippen molar-refractivity contribution in [3.05, 3.63) is 192 Å². The van der Waals surface area contributed by atoms with Gasteiger partial charge in [0.2, 0.25) is 0 Å². The molecule has 3 nitrogen and oxygen atoms in total. The fourth-order valence-electron chi connectivity index (χ4n) is 8.97. The molecule has 7 aromatic carbocycles.